The Hall–Kier alpha value is -0.300. The molecule has 2 radical (unpaired) electrons. The van der Waals surface area contributed by atoms with Gasteiger partial charge in [-0.1, -0.05) is 12.7 Å². The van der Waals surface area contributed by atoms with E-state index in [1.807, 2.05) is 0 Å². The van der Waals surface area contributed by atoms with Crippen LogP contribution in [0, 0.1) is 13.2 Å². The Bertz CT molecular complexity index is 32.9. The summed E-state index contributed by atoms with van der Waals surface area (Å²) in [4.78, 5) is 0. The van der Waals surface area contributed by atoms with Crippen LogP contribution in [-0.2, 0) is 0 Å². The Morgan fingerprint density at radius 2 is 2.17 bits per heavy atom. The Morgan fingerprint density at radius 3 is 2.33 bits per heavy atom. The number of hydrogen-bond acceptors (Lipinski definition) is 1. The van der Waals surface area contributed by atoms with Crippen LogP contribution in [0.4, 0.5) is 0 Å². The molecule has 0 aliphatic heterocycles. The molecule has 0 saturated heterocycles. The van der Waals surface area contributed by atoms with Crippen LogP contribution >= 0.6 is 0 Å². The molecule has 0 aromatic heterocycles. The van der Waals surface area contributed by atoms with E-state index in [9.17, 15) is 0 Å². The van der Waals surface area contributed by atoms with Gasteiger partial charge in [0, 0.05) is 0 Å². The summed E-state index contributed by atoms with van der Waals surface area (Å²) < 4.78 is 0. The number of unbranched alkanes of at least 4 members (excludes halogenated alkanes) is 1. The quantitative estimate of drug-likeness (QED) is 0.511. The van der Waals surface area contributed by atoms with Crippen molar-refractivity contribution in [2.45, 2.75) is 12.8 Å². The minimum Gasteiger partial charge on any atom is -0.390 e. The molecule has 0 unspecified atom stereocenters. The van der Waals surface area contributed by atoms with Gasteiger partial charge in [-0.05, 0) is 12.8 Å². The summed E-state index contributed by atoms with van der Waals surface area (Å²) in [6.07, 6.45) is 2.94. The van der Waals surface area contributed by atoms with Crippen molar-refractivity contribution in [3.05, 3.63) is 19.3 Å². The number of hydrogen-bond donors (Lipinski definition) is 1. The van der Waals surface area contributed by atoms with Crippen molar-refractivity contribution in [1.82, 2.24) is 0 Å². The molecule has 0 rings (SSSR count). The molecule has 1 nitrogen and oxygen atoms in total. The topological polar surface area (TPSA) is 20.2 Å². The van der Waals surface area contributed by atoms with Crippen LogP contribution in [0.2, 0.25) is 0 Å². The molecule has 0 saturated carbocycles. The molecule has 1 N–H and O–H groups in total. The maximum Gasteiger partial charge on any atom is 0.0802 e. The Kier molecular flexibility index (Phi) is 4.46. The Balaban J connectivity index is 2.49. The standard InChI is InChI=1S/C5H8O/c1-2-3-4-5-6/h1-2,5-6H,3-4H2. The van der Waals surface area contributed by atoms with Crippen LogP contribution in [0.15, 0.2) is 6.08 Å². The van der Waals surface area contributed by atoms with Gasteiger partial charge in [-0.15, -0.1) is 0 Å². The van der Waals surface area contributed by atoms with E-state index in [0.29, 0.717) is 6.42 Å². The molecular weight excluding hydrogens is 76.1 g/mol. The average molecular weight is 84.1 g/mol. The van der Waals surface area contributed by atoms with Gasteiger partial charge in [-0.3, -0.25) is 0 Å². The summed E-state index contributed by atoms with van der Waals surface area (Å²) in [6.45, 7) is 6.06. The summed E-state index contributed by atoms with van der Waals surface area (Å²) in [6, 6.07) is 0. The number of allylic oxidation sites excluding steroid dienone is 1. The summed E-state index contributed by atoms with van der Waals surface area (Å²) in [7, 11) is 0. The Morgan fingerprint density at radius 1 is 1.50 bits per heavy atom. The van der Waals surface area contributed by atoms with E-state index in [1.54, 1.807) is 0 Å². The second-order valence-electron chi connectivity index (χ2n) is 0.996. The summed E-state index contributed by atoms with van der Waals surface area (Å²) in [5.41, 5.74) is 0. The summed E-state index contributed by atoms with van der Waals surface area (Å²) in [5.74, 6) is 0. The monoisotopic (exact) mass is 84.1 g/mol. The fraction of sp³-hybridized carbons (Fsp3) is 0.400. The maximum absolute atomic E-state index is 8.00. The number of rotatable bonds is 3. The molecule has 0 atom stereocenters. The predicted molar refractivity (Wildman–Crippen MR) is 24.3 cm³/mol. The summed E-state index contributed by atoms with van der Waals surface area (Å²) >= 11 is 0. The van der Waals surface area contributed by atoms with E-state index in [-0.39, 0.29) is 0 Å². The van der Waals surface area contributed by atoms with Crippen LogP contribution in [0.3, 0.4) is 0 Å². The van der Waals surface area contributed by atoms with Crippen molar-refractivity contribution in [2.75, 3.05) is 0 Å². The van der Waals surface area contributed by atoms with Crippen LogP contribution < -0.4 is 0 Å². The molecule has 0 amide bonds. The third-order valence-corrected chi connectivity index (χ3v) is 0.462. The molecule has 0 bridgehead atoms. The van der Waals surface area contributed by atoms with Crippen LogP contribution in [0.5, 0.6) is 0 Å². The zero-order valence-electron chi connectivity index (χ0n) is 3.59. The smallest absolute Gasteiger partial charge is 0.0802 e. The first-order valence-corrected chi connectivity index (χ1v) is 1.91. The lowest BCUT2D eigenvalue weighted by atomic mass is 10.3. The zero-order valence-corrected chi connectivity index (χ0v) is 3.59. The first-order chi connectivity index (χ1) is 2.91. The minimum absolute atomic E-state index is 0.663. The first kappa shape index (κ1) is 5.70. The van der Waals surface area contributed by atoms with Gasteiger partial charge in [0.2, 0.25) is 0 Å². The predicted octanol–water partition coefficient (Wildman–Crippen LogP) is 1.29. The van der Waals surface area contributed by atoms with Crippen molar-refractivity contribution in [2.24, 2.45) is 0 Å². The Labute approximate surface area is 38.3 Å². The highest BCUT2D eigenvalue weighted by Crippen LogP contribution is 1.87. The van der Waals surface area contributed by atoms with E-state index in [0.717, 1.165) is 13.0 Å². The van der Waals surface area contributed by atoms with Crippen LogP contribution in [0.25, 0.3) is 0 Å². The van der Waals surface area contributed by atoms with Crippen molar-refractivity contribution in [3.63, 3.8) is 0 Å². The van der Waals surface area contributed by atoms with Gasteiger partial charge in [0.1, 0.15) is 0 Å². The average Bonchev–Trinajstić information content (AvgIpc) is 1.61. The molecular formula is C5H8O. The lowest BCUT2D eigenvalue weighted by molar-refractivity contribution is 0.376. The maximum atomic E-state index is 8.00. The fourth-order valence-electron chi connectivity index (χ4n) is 0.171. The fourth-order valence-corrected chi connectivity index (χ4v) is 0.171. The van der Waals surface area contributed by atoms with Gasteiger partial charge in [-0.25, -0.2) is 0 Å². The van der Waals surface area contributed by atoms with Crippen LogP contribution in [0.1, 0.15) is 12.8 Å². The molecule has 6 heavy (non-hydrogen) atoms. The van der Waals surface area contributed by atoms with Gasteiger partial charge in [0.25, 0.3) is 0 Å². The molecule has 0 spiro atoms. The molecule has 0 aromatic carbocycles. The first-order valence-electron chi connectivity index (χ1n) is 1.91. The minimum atomic E-state index is 0.663. The lowest BCUT2D eigenvalue weighted by Crippen LogP contribution is -1.67. The van der Waals surface area contributed by atoms with Gasteiger partial charge in [0.05, 0.1) is 6.61 Å². The number of aliphatic hydroxyl groups excluding tert-OH is 1. The molecule has 0 fully saturated rings. The molecule has 34 valence electrons. The zero-order chi connectivity index (χ0) is 4.83. The third kappa shape index (κ3) is 3.70. The van der Waals surface area contributed by atoms with Gasteiger partial charge < -0.3 is 5.11 Å². The van der Waals surface area contributed by atoms with E-state index in [1.165, 1.54) is 6.08 Å². The number of aliphatic hydroxyl groups is 1. The SMILES string of the molecule is [CH]=CCC[CH]O. The van der Waals surface area contributed by atoms with E-state index in [4.69, 9.17) is 11.7 Å². The molecule has 0 heterocycles. The highest BCUT2D eigenvalue weighted by Gasteiger charge is 1.73. The highest BCUT2D eigenvalue weighted by molar-refractivity contribution is 4.63. The second kappa shape index (κ2) is 4.70. The second-order valence-corrected chi connectivity index (χ2v) is 0.996. The van der Waals surface area contributed by atoms with Crippen molar-refractivity contribution in [3.8, 4) is 0 Å². The normalized spacial score (nSPS) is 8.17. The van der Waals surface area contributed by atoms with Gasteiger partial charge in [0.15, 0.2) is 0 Å². The molecule has 0 aromatic rings. The van der Waals surface area contributed by atoms with Gasteiger partial charge >= 0.3 is 0 Å². The molecule has 1 heteroatoms. The van der Waals surface area contributed by atoms with E-state index < -0.39 is 0 Å². The van der Waals surface area contributed by atoms with Crippen molar-refractivity contribution < 1.29 is 5.11 Å². The van der Waals surface area contributed by atoms with Crippen LogP contribution in [-0.4, -0.2) is 5.11 Å². The highest BCUT2D eigenvalue weighted by atomic mass is 16.2. The van der Waals surface area contributed by atoms with Crippen molar-refractivity contribution in [1.29, 1.82) is 0 Å². The largest absolute Gasteiger partial charge is 0.390 e. The van der Waals surface area contributed by atoms with Crippen molar-refractivity contribution >= 4 is 0 Å². The van der Waals surface area contributed by atoms with Gasteiger partial charge in [-0.2, -0.15) is 0 Å². The lowest BCUT2D eigenvalue weighted by Gasteiger charge is -1.80. The molecule has 0 aliphatic carbocycles. The molecule has 0 aliphatic rings. The van der Waals surface area contributed by atoms with E-state index >= 15 is 0 Å². The van der Waals surface area contributed by atoms with E-state index in [2.05, 4.69) is 0 Å². The summed E-state index contributed by atoms with van der Waals surface area (Å²) in [5, 5.41) is 8.00. The third-order valence-electron chi connectivity index (χ3n) is 0.462.